The maximum atomic E-state index is 6.11. The molecule has 28 heavy (non-hydrogen) atoms. The summed E-state index contributed by atoms with van der Waals surface area (Å²) in [6.45, 7) is 0.657. The van der Waals surface area contributed by atoms with Gasteiger partial charge in [-0.05, 0) is 6.07 Å². The molecule has 7 nitrogen and oxygen atoms in total. The summed E-state index contributed by atoms with van der Waals surface area (Å²) in [6.07, 6.45) is 0.555. The average molecular weight is 478 g/mol. The van der Waals surface area contributed by atoms with Gasteiger partial charge in [-0.2, -0.15) is 0 Å². The molecular formula is C17H20Cl4O7. The van der Waals surface area contributed by atoms with Gasteiger partial charge in [-0.25, -0.2) is 0 Å². The van der Waals surface area contributed by atoms with Gasteiger partial charge in [0, 0.05) is 18.4 Å². The van der Waals surface area contributed by atoms with Crippen molar-refractivity contribution in [2.75, 3.05) is 6.61 Å². The molecule has 11 heteroatoms. The number of fused-ring (bicyclic) bond motifs is 1. The van der Waals surface area contributed by atoms with Crippen molar-refractivity contribution in [1.82, 2.24) is 0 Å². The number of halogens is 4. The second-order valence-electron chi connectivity index (χ2n) is 6.73. The number of alkyl halides is 4. The Kier molecular flexibility index (Phi) is 7.32. The van der Waals surface area contributed by atoms with Crippen LogP contribution in [-0.2, 0) is 35.0 Å². The molecule has 0 N–H and O–H groups in total. The maximum Gasteiger partial charge on any atom is 0.190 e. The van der Waals surface area contributed by atoms with Gasteiger partial charge in [-0.1, -0.05) is 0 Å². The number of hydrogen-bond acceptors (Lipinski definition) is 7. The van der Waals surface area contributed by atoms with Crippen molar-refractivity contribution in [2.45, 2.75) is 72.4 Å². The Morgan fingerprint density at radius 2 is 1.75 bits per heavy atom. The first-order valence-electron chi connectivity index (χ1n) is 8.92. The molecule has 0 amide bonds. The molecule has 0 saturated carbocycles. The van der Waals surface area contributed by atoms with Crippen LogP contribution in [0, 0.1) is 0 Å². The van der Waals surface area contributed by atoms with E-state index in [0.29, 0.717) is 26.1 Å². The highest BCUT2D eigenvalue weighted by Crippen LogP contribution is 2.39. The molecule has 0 radical (unpaired) electrons. The number of hydrogen-bond donors (Lipinski definition) is 0. The van der Waals surface area contributed by atoms with Crippen molar-refractivity contribution in [1.29, 1.82) is 0 Å². The fourth-order valence-corrected chi connectivity index (χ4v) is 4.07. The van der Waals surface area contributed by atoms with Crippen LogP contribution in [0.5, 0.6) is 0 Å². The van der Waals surface area contributed by atoms with E-state index in [0.717, 1.165) is 5.56 Å². The van der Waals surface area contributed by atoms with E-state index in [1.165, 1.54) is 0 Å². The van der Waals surface area contributed by atoms with Crippen molar-refractivity contribution in [2.24, 2.45) is 0 Å². The number of furan rings is 1. The zero-order chi connectivity index (χ0) is 19.7. The van der Waals surface area contributed by atoms with Gasteiger partial charge in [-0.15, -0.1) is 46.4 Å². The minimum Gasteiger partial charge on any atom is -0.472 e. The average Bonchev–Trinajstić information content (AvgIpc) is 3.36. The molecule has 0 aromatic carbocycles. The Balaban J connectivity index is 1.42. The Morgan fingerprint density at radius 1 is 0.964 bits per heavy atom. The molecular weight excluding hydrogens is 458 g/mol. The van der Waals surface area contributed by atoms with Crippen LogP contribution in [0.1, 0.15) is 18.4 Å². The third-order valence-corrected chi connectivity index (χ3v) is 5.42. The monoisotopic (exact) mass is 476 g/mol. The van der Waals surface area contributed by atoms with Crippen LogP contribution in [0.25, 0.3) is 0 Å². The summed E-state index contributed by atoms with van der Waals surface area (Å²) < 4.78 is 40.6. The second-order valence-corrected chi connectivity index (χ2v) is 9.29. The molecule has 3 fully saturated rings. The van der Waals surface area contributed by atoms with Gasteiger partial charge in [0.05, 0.1) is 25.7 Å². The molecule has 0 aliphatic carbocycles. The molecule has 4 heterocycles. The van der Waals surface area contributed by atoms with E-state index < -0.39 is 46.9 Å². The molecule has 3 saturated heterocycles. The van der Waals surface area contributed by atoms with Crippen molar-refractivity contribution in [3.05, 3.63) is 24.2 Å². The predicted octanol–water partition coefficient (Wildman–Crippen LogP) is 3.76. The van der Waals surface area contributed by atoms with Gasteiger partial charge in [0.15, 0.2) is 18.9 Å². The molecule has 3 aliphatic heterocycles. The lowest BCUT2D eigenvalue weighted by atomic mass is 10.1. The quantitative estimate of drug-likeness (QED) is 0.528. The lowest BCUT2D eigenvalue weighted by molar-refractivity contribution is -0.197. The van der Waals surface area contributed by atoms with E-state index in [9.17, 15) is 0 Å². The summed E-state index contributed by atoms with van der Waals surface area (Å²) in [7, 11) is 0. The van der Waals surface area contributed by atoms with Gasteiger partial charge in [-0.3, -0.25) is 0 Å². The molecule has 1 aromatic rings. The van der Waals surface area contributed by atoms with E-state index in [1.54, 1.807) is 12.5 Å². The second kappa shape index (κ2) is 9.56. The van der Waals surface area contributed by atoms with Crippen LogP contribution in [0.15, 0.2) is 23.0 Å². The maximum absolute atomic E-state index is 6.11. The number of rotatable bonds is 8. The number of ether oxygens (including phenoxy) is 6. The summed E-state index contributed by atoms with van der Waals surface area (Å²) in [6, 6.07) is 1.83. The molecule has 158 valence electrons. The predicted molar refractivity (Wildman–Crippen MR) is 101 cm³/mol. The molecule has 2 unspecified atom stereocenters. The third kappa shape index (κ3) is 5.09. The minimum absolute atomic E-state index is 0.328. The van der Waals surface area contributed by atoms with Crippen LogP contribution in [0.3, 0.4) is 0 Å². The van der Waals surface area contributed by atoms with Gasteiger partial charge in [0.25, 0.3) is 0 Å². The summed E-state index contributed by atoms with van der Waals surface area (Å²) >= 11 is 23.3. The van der Waals surface area contributed by atoms with E-state index in [-0.39, 0.29) is 6.10 Å². The van der Waals surface area contributed by atoms with Gasteiger partial charge in [0.1, 0.15) is 34.1 Å². The van der Waals surface area contributed by atoms with E-state index >= 15 is 0 Å². The van der Waals surface area contributed by atoms with E-state index in [4.69, 9.17) is 79.2 Å². The Labute approximate surface area is 182 Å². The smallest absolute Gasteiger partial charge is 0.190 e. The first-order chi connectivity index (χ1) is 13.5. The van der Waals surface area contributed by atoms with Crippen LogP contribution in [-0.4, -0.2) is 59.6 Å². The standard InChI is InChI=1S/C17H20Cl4O7/c18-10(19)3-12-23-7-9(25-12)14-15(24-6-8-1-2-22-5-8)16-17(28-14)27-13(26-16)4-11(20)21/h1-2,5,9-17H,3-4,6-7H2/t9-,12?,13?,14-,15+,16-,17+/m1/s1. The highest BCUT2D eigenvalue weighted by molar-refractivity contribution is 6.44. The van der Waals surface area contributed by atoms with Crippen LogP contribution >= 0.6 is 46.4 Å². The lowest BCUT2D eigenvalue weighted by Gasteiger charge is -2.26. The highest BCUT2D eigenvalue weighted by Gasteiger charge is 2.56. The molecule has 7 atom stereocenters. The largest absolute Gasteiger partial charge is 0.472 e. The van der Waals surface area contributed by atoms with Crippen molar-refractivity contribution in [3.63, 3.8) is 0 Å². The van der Waals surface area contributed by atoms with E-state index in [2.05, 4.69) is 0 Å². The van der Waals surface area contributed by atoms with Crippen molar-refractivity contribution < 1.29 is 32.8 Å². The summed E-state index contributed by atoms with van der Waals surface area (Å²) in [5.41, 5.74) is 0.896. The van der Waals surface area contributed by atoms with E-state index in [1.807, 2.05) is 6.07 Å². The third-order valence-electron chi connectivity index (χ3n) is 4.71. The van der Waals surface area contributed by atoms with Gasteiger partial charge in [0.2, 0.25) is 0 Å². The lowest BCUT2D eigenvalue weighted by Crippen LogP contribution is -2.43. The Morgan fingerprint density at radius 3 is 2.46 bits per heavy atom. The minimum atomic E-state index is -0.604. The van der Waals surface area contributed by atoms with Crippen molar-refractivity contribution in [3.8, 4) is 0 Å². The molecule has 1 aromatic heterocycles. The van der Waals surface area contributed by atoms with Gasteiger partial charge >= 0.3 is 0 Å². The first-order valence-corrected chi connectivity index (χ1v) is 10.7. The fraction of sp³-hybridized carbons (Fsp3) is 0.765. The summed E-state index contributed by atoms with van der Waals surface area (Å²) in [5.74, 6) is 0. The molecule has 4 rings (SSSR count). The van der Waals surface area contributed by atoms with Crippen LogP contribution < -0.4 is 0 Å². The fourth-order valence-electron chi connectivity index (χ4n) is 3.49. The van der Waals surface area contributed by atoms with Crippen LogP contribution in [0.2, 0.25) is 0 Å². The Bertz CT molecular complexity index is 617. The zero-order valence-corrected chi connectivity index (χ0v) is 17.6. The molecule has 0 spiro atoms. The van der Waals surface area contributed by atoms with Gasteiger partial charge < -0.3 is 32.8 Å². The SMILES string of the molecule is ClC(Cl)CC1O[C@H]2O[C@H]([C@H]3COC(CC(Cl)Cl)O3)[C@H](OCc3ccoc3)[C@H]2O1. The Hall–Kier alpha value is 0.200. The molecule has 3 aliphatic rings. The molecule has 0 bridgehead atoms. The van der Waals surface area contributed by atoms with Crippen molar-refractivity contribution >= 4 is 46.4 Å². The summed E-state index contributed by atoms with van der Waals surface area (Å²) in [5, 5.41) is 0. The first kappa shape index (κ1) is 21.4. The zero-order valence-electron chi connectivity index (χ0n) is 14.6. The normalized spacial score (nSPS) is 38.0. The summed E-state index contributed by atoms with van der Waals surface area (Å²) in [4.78, 5) is -1.18. The topological polar surface area (TPSA) is 68.5 Å². The highest BCUT2D eigenvalue weighted by atomic mass is 35.5. The van der Waals surface area contributed by atoms with Crippen LogP contribution in [0.4, 0.5) is 0 Å².